The minimum atomic E-state index is -1.61. The van der Waals surface area contributed by atoms with Crippen LogP contribution in [0.4, 0.5) is 0 Å². The van der Waals surface area contributed by atoms with E-state index >= 15 is 0 Å². The molecule has 1 aromatic rings. The Labute approximate surface area is 158 Å². The molecule has 1 heterocycles. The van der Waals surface area contributed by atoms with Crippen LogP contribution in [-0.2, 0) is 0 Å². The van der Waals surface area contributed by atoms with Crippen molar-refractivity contribution in [3.63, 3.8) is 0 Å². The molecular weight excluding hydrogens is 338 g/mol. The SMILES string of the molecule is CC1=CC2C(C=C1)C([Si](C)(C)NC(C)(C)C)C1Sc3ccccc3C21. The van der Waals surface area contributed by atoms with Crippen LogP contribution in [0.3, 0.4) is 0 Å². The van der Waals surface area contributed by atoms with Crippen molar-refractivity contribution in [1.82, 2.24) is 4.98 Å². The van der Waals surface area contributed by atoms with Gasteiger partial charge in [0.05, 0.1) is 0 Å². The van der Waals surface area contributed by atoms with Crippen LogP contribution in [-0.4, -0.2) is 19.0 Å². The largest absolute Gasteiger partial charge is 0.332 e. The van der Waals surface area contributed by atoms with Crippen LogP contribution in [0.25, 0.3) is 0 Å². The van der Waals surface area contributed by atoms with Crippen molar-refractivity contribution >= 4 is 20.0 Å². The zero-order valence-electron chi connectivity index (χ0n) is 16.3. The first-order valence-corrected chi connectivity index (χ1v) is 13.5. The second-order valence-corrected chi connectivity index (χ2v) is 15.3. The number of nitrogens with one attached hydrogen (secondary N) is 1. The minimum Gasteiger partial charge on any atom is -0.332 e. The summed E-state index contributed by atoms with van der Waals surface area (Å²) in [6.45, 7) is 14.4. The average Bonchev–Trinajstić information content (AvgIpc) is 2.98. The molecule has 5 unspecified atom stereocenters. The Kier molecular flexibility index (Phi) is 4.14. The van der Waals surface area contributed by atoms with E-state index in [9.17, 15) is 0 Å². The first kappa shape index (κ1) is 17.6. The molecule has 0 aromatic heterocycles. The van der Waals surface area contributed by atoms with Crippen LogP contribution in [0.15, 0.2) is 53.0 Å². The summed E-state index contributed by atoms with van der Waals surface area (Å²) in [5, 5.41) is 0.718. The van der Waals surface area contributed by atoms with Gasteiger partial charge in [0, 0.05) is 21.6 Å². The van der Waals surface area contributed by atoms with Crippen molar-refractivity contribution < 1.29 is 0 Å². The molecule has 2 aliphatic carbocycles. The van der Waals surface area contributed by atoms with E-state index in [1.807, 2.05) is 0 Å². The van der Waals surface area contributed by atoms with Crippen LogP contribution in [0.5, 0.6) is 0 Å². The molecule has 1 fully saturated rings. The minimum absolute atomic E-state index is 0.184. The van der Waals surface area contributed by atoms with Gasteiger partial charge in [0.25, 0.3) is 0 Å². The second kappa shape index (κ2) is 5.87. The van der Waals surface area contributed by atoms with E-state index in [0.717, 1.165) is 10.8 Å². The Bertz CT molecular complexity index is 743. The summed E-state index contributed by atoms with van der Waals surface area (Å²) in [4.78, 5) is 5.62. The maximum Gasteiger partial charge on any atom is 0.124 e. The van der Waals surface area contributed by atoms with E-state index in [-0.39, 0.29) is 5.54 Å². The topological polar surface area (TPSA) is 12.0 Å². The molecule has 3 heteroatoms. The smallest absolute Gasteiger partial charge is 0.124 e. The molecular formula is C22H31NSSi. The van der Waals surface area contributed by atoms with Crippen LogP contribution in [0, 0.1) is 11.8 Å². The molecule has 0 radical (unpaired) electrons. The van der Waals surface area contributed by atoms with Gasteiger partial charge in [-0.1, -0.05) is 55.1 Å². The zero-order chi connectivity index (χ0) is 18.0. The molecule has 5 atom stereocenters. The number of hydrogen-bond acceptors (Lipinski definition) is 2. The monoisotopic (exact) mass is 369 g/mol. The van der Waals surface area contributed by atoms with E-state index in [0.29, 0.717) is 17.8 Å². The van der Waals surface area contributed by atoms with Crippen LogP contribution >= 0.6 is 11.8 Å². The summed E-state index contributed by atoms with van der Waals surface area (Å²) >= 11 is 2.17. The predicted molar refractivity (Wildman–Crippen MR) is 113 cm³/mol. The number of allylic oxidation sites excluding steroid dienone is 4. The van der Waals surface area contributed by atoms with Gasteiger partial charge >= 0.3 is 0 Å². The average molecular weight is 370 g/mol. The van der Waals surface area contributed by atoms with Gasteiger partial charge in [-0.3, -0.25) is 0 Å². The molecule has 0 saturated heterocycles. The highest BCUT2D eigenvalue weighted by atomic mass is 32.2. The van der Waals surface area contributed by atoms with Crippen molar-refractivity contribution in [2.24, 2.45) is 11.8 Å². The highest BCUT2D eigenvalue weighted by Gasteiger charge is 2.58. The van der Waals surface area contributed by atoms with Crippen LogP contribution in [0.2, 0.25) is 18.6 Å². The number of rotatable bonds is 2. The fraction of sp³-hybridized carbons (Fsp3) is 0.545. The van der Waals surface area contributed by atoms with E-state index in [1.165, 1.54) is 10.5 Å². The van der Waals surface area contributed by atoms with Gasteiger partial charge in [-0.15, -0.1) is 11.8 Å². The molecule has 25 heavy (non-hydrogen) atoms. The van der Waals surface area contributed by atoms with Gasteiger partial charge in [-0.2, -0.15) is 0 Å². The molecule has 1 aromatic carbocycles. The number of fused-ring (bicyclic) bond motifs is 5. The van der Waals surface area contributed by atoms with Gasteiger partial charge in [0.2, 0.25) is 0 Å². The molecule has 0 amide bonds. The molecule has 1 saturated carbocycles. The van der Waals surface area contributed by atoms with Crippen LogP contribution < -0.4 is 4.98 Å². The van der Waals surface area contributed by atoms with Crippen molar-refractivity contribution in [2.45, 2.75) is 67.9 Å². The summed E-state index contributed by atoms with van der Waals surface area (Å²) in [5.41, 5.74) is 4.00. The third-order valence-corrected chi connectivity index (χ3v) is 11.6. The third-order valence-electron chi connectivity index (χ3n) is 6.09. The van der Waals surface area contributed by atoms with Gasteiger partial charge in [0.1, 0.15) is 8.24 Å². The quantitative estimate of drug-likeness (QED) is 0.645. The molecule has 1 nitrogen and oxygen atoms in total. The Hall–Kier alpha value is -0.773. The second-order valence-electron chi connectivity index (χ2n) is 9.69. The lowest BCUT2D eigenvalue weighted by Crippen LogP contribution is -2.59. The van der Waals surface area contributed by atoms with E-state index in [1.54, 1.807) is 5.56 Å². The highest BCUT2D eigenvalue weighted by molar-refractivity contribution is 8.00. The first-order chi connectivity index (χ1) is 11.7. The molecule has 1 aliphatic heterocycles. The van der Waals surface area contributed by atoms with E-state index < -0.39 is 8.24 Å². The lowest BCUT2D eigenvalue weighted by atomic mass is 9.81. The predicted octanol–water partition coefficient (Wildman–Crippen LogP) is 5.97. The molecule has 134 valence electrons. The van der Waals surface area contributed by atoms with Crippen molar-refractivity contribution in [1.29, 1.82) is 0 Å². The first-order valence-electron chi connectivity index (χ1n) is 9.59. The summed E-state index contributed by atoms with van der Waals surface area (Å²) in [7, 11) is -1.61. The van der Waals surface area contributed by atoms with E-state index in [2.05, 4.69) is 100 Å². The van der Waals surface area contributed by atoms with Crippen LogP contribution in [0.1, 0.15) is 39.2 Å². The normalized spacial score (nSPS) is 33.7. The summed E-state index contributed by atoms with van der Waals surface area (Å²) < 4.78 is 0. The van der Waals surface area contributed by atoms with Crippen molar-refractivity contribution in [2.75, 3.05) is 0 Å². The fourth-order valence-electron chi connectivity index (χ4n) is 5.71. The highest BCUT2D eigenvalue weighted by Crippen LogP contribution is 2.65. The van der Waals surface area contributed by atoms with Gasteiger partial charge in [-0.25, -0.2) is 0 Å². The molecule has 0 bridgehead atoms. The van der Waals surface area contributed by atoms with Gasteiger partial charge in [0.15, 0.2) is 0 Å². The molecule has 3 aliphatic rings. The summed E-state index contributed by atoms with van der Waals surface area (Å²) in [6, 6.07) is 9.16. The third kappa shape index (κ3) is 2.98. The number of benzene rings is 1. The van der Waals surface area contributed by atoms with Crippen molar-refractivity contribution in [3.8, 4) is 0 Å². The summed E-state index contributed by atoms with van der Waals surface area (Å²) in [6.07, 6.45) is 7.49. The Balaban J connectivity index is 1.78. The van der Waals surface area contributed by atoms with E-state index in [4.69, 9.17) is 0 Å². The maximum atomic E-state index is 4.09. The fourth-order valence-corrected chi connectivity index (χ4v) is 12.9. The Morgan fingerprint density at radius 3 is 2.52 bits per heavy atom. The molecule has 4 rings (SSSR count). The number of hydrogen-bond donors (Lipinski definition) is 1. The zero-order valence-corrected chi connectivity index (χ0v) is 18.2. The lowest BCUT2D eigenvalue weighted by Gasteiger charge is -2.42. The molecule has 1 N–H and O–H groups in total. The Morgan fingerprint density at radius 2 is 1.80 bits per heavy atom. The standard InChI is InChI=1S/C22H31NSSi/c1-14-11-12-15-17(13-14)19-16-9-7-8-10-18(16)24-20(19)21(15)25(5,6)23-22(2,3)4/h7-13,15,17,19-21,23H,1-6H3. The number of thioether (sulfide) groups is 1. The van der Waals surface area contributed by atoms with Crippen molar-refractivity contribution in [3.05, 3.63) is 53.6 Å². The molecule has 0 spiro atoms. The summed E-state index contributed by atoms with van der Waals surface area (Å²) in [5.74, 6) is 2.05. The van der Waals surface area contributed by atoms with Gasteiger partial charge < -0.3 is 4.98 Å². The van der Waals surface area contributed by atoms with Gasteiger partial charge in [-0.05, 0) is 56.7 Å². The lowest BCUT2D eigenvalue weighted by molar-refractivity contribution is 0.479. The Morgan fingerprint density at radius 1 is 1.08 bits per heavy atom. The maximum absolute atomic E-state index is 4.09.